The Morgan fingerprint density at radius 3 is 2.80 bits per heavy atom. The lowest BCUT2D eigenvalue weighted by atomic mass is 10.0. The fourth-order valence-corrected chi connectivity index (χ4v) is 3.37. The molecule has 1 aliphatic carbocycles. The van der Waals surface area contributed by atoms with Crippen molar-refractivity contribution in [2.45, 2.75) is 13.0 Å². The van der Waals surface area contributed by atoms with Crippen molar-refractivity contribution in [3.05, 3.63) is 99.0 Å². The molecule has 0 fully saturated rings. The Morgan fingerprint density at radius 2 is 2.09 bits per heavy atom. The van der Waals surface area contributed by atoms with Gasteiger partial charge in [0.2, 0.25) is 5.95 Å². The van der Waals surface area contributed by atoms with Gasteiger partial charge in [0.25, 0.3) is 5.56 Å². The number of halogens is 3. The molecule has 0 bridgehead atoms. The van der Waals surface area contributed by atoms with Crippen LogP contribution in [0.15, 0.2) is 59.5 Å². The third kappa shape index (κ3) is 4.81. The largest absolute Gasteiger partial charge is 0.478 e. The van der Waals surface area contributed by atoms with Gasteiger partial charge < -0.3 is 15.8 Å². The normalized spacial score (nSPS) is 13.1. The van der Waals surface area contributed by atoms with Gasteiger partial charge >= 0.3 is 5.97 Å². The number of aromatic amines is 1. The molecule has 1 aliphatic rings. The van der Waals surface area contributed by atoms with Crippen molar-refractivity contribution in [2.75, 3.05) is 5.32 Å². The SMILES string of the molecule is N=Cc1nc(-n2cc(C(=O)O)cn2)[nH]c(=O)c1NCc1cc(F)c(C2=CCC=CC=C2F)cc1F. The number of H-pyrrole nitrogens is 1. The zero-order valence-corrected chi connectivity index (χ0v) is 17.8. The number of carbonyl (C=O) groups is 1. The van der Waals surface area contributed by atoms with Crippen LogP contribution in [0.4, 0.5) is 18.9 Å². The summed E-state index contributed by atoms with van der Waals surface area (Å²) in [7, 11) is 0. The molecule has 0 spiro atoms. The number of benzene rings is 1. The Balaban J connectivity index is 1.60. The van der Waals surface area contributed by atoms with Crippen molar-refractivity contribution >= 4 is 23.4 Å². The quantitative estimate of drug-likeness (QED) is 0.379. The minimum absolute atomic E-state index is 0.0575. The van der Waals surface area contributed by atoms with Gasteiger partial charge in [-0.15, -0.1) is 0 Å². The Morgan fingerprint density at radius 1 is 1.29 bits per heavy atom. The first-order valence-electron chi connectivity index (χ1n) is 10.2. The van der Waals surface area contributed by atoms with Crippen LogP contribution in [-0.4, -0.2) is 37.0 Å². The first kappa shape index (κ1) is 23.4. The molecule has 0 saturated heterocycles. The lowest BCUT2D eigenvalue weighted by molar-refractivity contribution is 0.0697. The summed E-state index contributed by atoms with van der Waals surface area (Å²) in [5.41, 5.74) is -1.65. The molecule has 2 aromatic heterocycles. The van der Waals surface area contributed by atoms with Crippen LogP contribution in [-0.2, 0) is 6.54 Å². The summed E-state index contributed by atoms with van der Waals surface area (Å²) in [6, 6.07) is 1.79. The summed E-state index contributed by atoms with van der Waals surface area (Å²) in [5.74, 6) is -3.73. The van der Waals surface area contributed by atoms with E-state index in [0.29, 0.717) is 6.42 Å². The predicted molar refractivity (Wildman–Crippen MR) is 121 cm³/mol. The van der Waals surface area contributed by atoms with Crippen molar-refractivity contribution in [1.82, 2.24) is 19.7 Å². The fraction of sp³-hybridized carbons (Fsp3) is 0.0870. The molecular weight excluding hydrogens is 465 g/mol. The second kappa shape index (κ2) is 9.63. The highest BCUT2D eigenvalue weighted by Crippen LogP contribution is 2.30. The van der Waals surface area contributed by atoms with Crippen molar-refractivity contribution in [1.29, 1.82) is 5.41 Å². The number of rotatable bonds is 7. The van der Waals surface area contributed by atoms with Gasteiger partial charge in [0.05, 0.1) is 11.8 Å². The first-order valence-corrected chi connectivity index (χ1v) is 10.2. The lowest BCUT2D eigenvalue weighted by Crippen LogP contribution is -2.21. The molecule has 0 amide bonds. The molecular formula is C23H17F3N6O3. The lowest BCUT2D eigenvalue weighted by Gasteiger charge is -2.13. The second-order valence-electron chi connectivity index (χ2n) is 7.35. The molecule has 4 rings (SSSR count). The molecule has 4 N–H and O–H groups in total. The van der Waals surface area contributed by atoms with Gasteiger partial charge in [-0.1, -0.05) is 18.2 Å². The summed E-state index contributed by atoms with van der Waals surface area (Å²) in [6.45, 7) is -0.335. The molecule has 9 nitrogen and oxygen atoms in total. The van der Waals surface area contributed by atoms with Crippen molar-refractivity contribution in [3.63, 3.8) is 0 Å². The first-order chi connectivity index (χ1) is 16.8. The van der Waals surface area contributed by atoms with Gasteiger partial charge in [-0.05, 0) is 24.6 Å². The number of carboxylic acids is 1. The third-order valence-corrected chi connectivity index (χ3v) is 5.09. The van der Waals surface area contributed by atoms with Gasteiger partial charge in [-0.3, -0.25) is 9.78 Å². The molecule has 35 heavy (non-hydrogen) atoms. The standard InChI is InChI=1S/C23H17F3N6O3/c24-16-5-3-1-2-4-14(16)15-7-17(25)12(6-18(15)26)9-28-20-19(8-27)30-23(31-21(20)33)32-11-13(10-29-32)22(34)35/h1,3-8,10-11,27-28H,2,9H2,(H,34,35)(H,30,31,33). The maximum Gasteiger partial charge on any atom is 0.338 e. The van der Waals surface area contributed by atoms with Crippen LogP contribution in [0.1, 0.15) is 33.6 Å². The van der Waals surface area contributed by atoms with Gasteiger partial charge in [0.1, 0.15) is 28.8 Å². The Bertz CT molecular complexity index is 1490. The number of hydrogen-bond acceptors (Lipinski definition) is 6. The van der Waals surface area contributed by atoms with E-state index in [9.17, 15) is 22.8 Å². The number of carboxylic acid groups (broad SMARTS) is 1. The topological polar surface area (TPSA) is 137 Å². The van der Waals surface area contributed by atoms with Crippen LogP contribution in [0.2, 0.25) is 0 Å². The molecule has 2 heterocycles. The molecule has 0 radical (unpaired) electrons. The van der Waals surface area contributed by atoms with E-state index in [1.165, 1.54) is 18.2 Å². The number of hydrogen-bond donors (Lipinski definition) is 4. The molecule has 178 valence electrons. The predicted octanol–water partition coefficient (Wildman–Crippen LogP) is 3.74. The molecule has 3 aromatic rings. The highest BCUT2D eigenvalue weighted by Gasteiger charge is 2.18. The van der Waals surface area contributed by atoms with Crippen molar-refractivity contribution in [3.8, 4) is 5.95 Å². The minimum atomic E-state index is -1.23. The van der Waals surface area contributed by atoms with Crippen molar-refractivity contribution < 1.29 is 23.1 Å². The molecule has 0 aliphatic heterocycles. The van der Waals surface area contributed by atoms with E-state index in [0.717, 1.165) is 35.4 Å². The van der Waals surface area contributed by atoms with E-state index in [4.69, 9.17) is 10.5 Å². The number of aromatic carboxylic acids is 1. The van der Waals surface area contributed by atoms with Crippen LogP contribution >= 0.6 is 0 Å². The average Bonchev–Trinajstić information content (AvgIpc) is 3.23. The Labute approximate surface area is 195 Å². The summed E-state index contributed by atoms with van der Waals surface area (Å²) in [5, 5.41) is 23.0. The van der Waals surface area contributed by atoms with Gasteiger partial charge in [0, 0.05) is 35.7 Å². The van der Waals surface area contributed by atoms with E-state index >= 15 is 0 Å². The van der Waals surface area contributed by atoms with Crippen LogP contribution in [0.5, 0.6) is 0 Å². The van der Waals surface area contributed by atoms with E-state index in [-0.39, 0.29) is 46.1 Å². The van der Waals surface area contributed by atoms with Gasteiger partial charge in [-0.2, -0.15) is 5.10 Å². The summed E-state index contributed by atoms with van der Waals surface area (Å²) in [4.78, 5) is 30.1. The maximum absolute atomic E-state index is 14.8. The van der Waals surface area contributed by atoms with E-state index in [1.807, 2.05) is 0 Å². The van der Waals surface area contributed by atoms with E-state index in [1.54, 1.807) is 6.08 Å². The number of nitrogens with one attached hydrogen (secondary N) is 3. The highest BCUT2D eigenvalue weighted by molar-refractivity contribution is 5.87. The maximum atomic E-state index is 14.8. The van der Waals surface area contributed by atoms with Crippen LogP contribution < -0.4 is 10.9 Å². The second-order valence-corrected chi connectivity index (χ2v) is 7.35. The highest BCUT2D eigenvalue weighted by atomic mass is 19.1. The van der Waals surface area contributed by atoms with Crippen LogP contribution in [0, 0.1) is 17.0 Å². The van der Waals surface area contributed by atoms with E-state index in [2.05, 4.69) is 20.4 Å². The molecule has 1 aromatic carbocycles. The molecule has 12 heteroatoms. The zero-order chi connectivity index (χ0) is 25.1. The number of nitrogens with zero attached hydrogens (tertiary/aromatic N) is 3. The summed E-state index contributed by atoms with van der Waals surface area (Å²) >= 11 is 0. The number of allylic oxidation sites excluding steroid dienone is 6. The third-order valence-electron chi connectivity index (χ3n) is 5.09. The minimum Gasteiger partial charge on any atom is -0.478 e. The van der Waals surface area contributed by atoms with Crippen molar-refractivity contribution in [2.24, 2.45) is 0 Å². The average molecular weight is 482 g/mol. The fourth-order valence-electron chi connectivity index (χ4n) is 3.37. The summed E-state index contributed by atoms with van der Waals surface area (Å²) in [6.07, 6.45) is 9.09. The molecule has 0 unspecified atom stereocenters. The smallest absolute Gasteiger partial charge is 0.338 e. The Hall–Kier alpha value is -4.74. The monoisotopic (exact) mass is 482 g/mol. The number of anilines is 1. The molecule has 0 atom stereocenters. The van der Waals surface area contributed by atoms with E-state index < -0.39 is 29.0 Å². The number of aromatic nitrogens is 4. The molecule has 0 saturated carbocycles. The van der Waals surface area contributed by atoms with Gasteiger partial charge in [0.15, 0.2) is 0 Å². The zero-order valence-electron chi connectivity index (χ0n) is 17.8. The summed E-state index contributed by atoms with van der Waals surface area (Å²) < 4.78 is 44.8. The Kier molecular flexibility index (Phi) is 6.44. The van der Waals surface area contributed by atoms with Crippen LogP contribution in [0.25, 0.3) is 11.5 Å². The van der Waals surface area contributed by atoms with Crippen LogP contribution in [0.3, 0.4) is 0 Å². The van der Waals surface area contributed by atoms with Gasteiger partial charge in [-0.25, -0.2) is 27.6 Å².